The molecule has 1 heterocycles. The van der Waals surface area contributed by atoms with Crippen LogP contribution in [0.1, 0.15) is 75.2 Å². The minimum atomic E-state index is -0.0565. The van der Waals surface area contributed by atoms with Crippen LogP contribution >= 0.6 is 11.3 Å². The molecule has 138 valence electrons. The third-order valence-electron chi connectivity index (χ3n) is 6.34. The molecule has 0 radical (unpaired) electrons. The smallest absolute Gasteiger partial charge is 0.254 e. The van der Waals surface area contributed by atoms with Crippen molar-refractivity contribution in [3.05, 3.63) is 16.0 Å². The average molecular weight is 363 g/mol. The zero-order chi connectivity index (χ0) is 18.6. The van der Waals surface area contributed by atoms with Crippen LogP contribution in [0.15, 0.2) is 0 Å². The lowest BCUT2D eigenvalue weighted by Crippen LogP contribution is -2.31. The van der Waals surface area contributed by atoms with Crippen molar-refractivity contribution in [1.29, 1.82) is 0 Å². The minimum absolute atomic E-state index is 0.00564. The Kier molecular flexibility index (Phi) is 4.51. The zero-order valence-electron chi connectivity index (χ0n) is 16.2. The first-order valence-corrected chi connectivity index (χ1v) is 10.1. The number of anilines is 1. The highest BCUT2D eigenvalue weighted by Crippen LogP contribution is 2.68. The van der Waals surface area contributed by atoms with Crippen LogP contribution in [0.4, 0.5) is 5.00 Å². The molecule has 1 fully saturated rings. The predicted octanol–water partition coefficient (Wildman–Crippen LogP) is 4.39. The topological polar surface area (TPSA) is 58.2 Å². The molecule has 0 aromatic carbocycles. The lowest BCUT2D eigenvalue weighted by molar-refractivity contribution is -0.118. The van der Waals surface area contributed by atoms with Gasteiger partial charge in [0.15, 0.2) is 0 Å². The van der Waals surface area contributed by atoms with Gasteiger partial charge in [-0.2, -0.15) is 0 Å². The molecule has 3 rings (SSSR count). The van der Waals surface area contributed by atoms with E-state index >= 15 is 0 Å². The third kappa shape index (κ3) is 3.01. The second-order valence-electron chi connectivity index (χ2n) is 8.91. The van der Waals surface area contributed by atoms with Gasteiger partial charge >= 0.3 is 0 Å². The molecule has 0 atom stereocenters. The quantitative estimate of drug-likeness (QED) is 0.835. The minimum Gasteiger partial charge on any atom is -0.350 e. The van der Waals surface area contributed by atoms with Gasteiger partial charge in [-0.25, -0.2) is 0 Å². The third-order valence-corrected chi connectivity index (χ3v) is 7.55. The molecule has 1 saturated carbocycles. The number of hydrogen-bond acceptors (Lipinski definition) is 3. The number of aryl methyl sites for hydroxylation is 1. The van der Waals surface area contributed by atoms with E-state index in [2.05, 4.69) is 38.3 Å². The predicted molar refractivity (Wildman–Crippen MR) is 103 cm³/mol. The molecule has 5 heteroatoms. The second-order valence-corrected chi connectivity index (χ2v) is 10.0. The zero-order valence-corrected chi connectivity index (χ0v) is 17.0. The molecular formula is C20H30N2O2S. The van der Waals surface area contributed by atoms with Gasteiger partial charge < -0.3 is 10.6 Å². The van der Waals surface area contributed by atoms with Gasteiger partial charge in [-0.1, -0.05) is 27.7 Å². The van der Waals surface area contributed by atoms with Crippen LogP contribution in [0.2, 0.25) is 0 Å². The van der Waals surface area contributed by atoms with E-state index in [1.165, 1.54) is 4.88 Å². The summed E-state index contributed by atoms with van der Waals surface area (Å²) in [6, 6.07) is 0.0801. The maximum Gasteiger partial charge on any atom is 0.254 e. The van der Waals surface area contributed by atoms with Crippen LogP contribution in [-0.2, 0) is 17.6 Å². The van der Waals surface area contributed by atoms with E-state index in [1.54, 1.807) is 11.3 Å². The van der Waals surface area contributed by atoms with Gasteiger partial charge in [0, 0.05) is 16.8 Å². The summed E-state index contributed by atoms with van der Waals surface area (Å²) < 4.78 is 0. The monoisotopic (exact) mass is 362 g/mol. The number of carbonyl (C=O) groups excluding carboxylic acids is 2. The van der Waals surface area contributed by atoms with Gasteiger partial charge in [0.1, 0.15) is 5.00 Å². The van der Waals surface area contributed by atoms with Crippen molar-refractivity contribution in [2.75, 3.05) is 5.32 Å². The van der Waals surface area contributed by atoms with E-state index < -0.39 is 0 Å². The molecule has 2 aliphatic rings. The van der Waals surface area contributed by atoms with Crippen molar-refractivity contribution in [2.45, 2.75) is 73.3 Å². The standard InChI is InChI=1S/C20H30N2O2S/c1-11(2)21-16(23)14-12-9-7-8-10-13(12)25-18(14)22-17(24)15-19(3,4)20(15,5)6/h11,15H,7-10H2,1-6H3,(H,21,23)(H,22,24). The molecule has 25 heavy (non-hydrogen) atoms. The van der Waals surface area contributed by atoms with Gasteiger partial charge in [0.2, 0.25) is 5.91 Å². The van der Waals surface area contributed by atoms with Crippen molar-refractivity contribution >= 4 is 28.2 Å². The maximum atomic E-state index is 12.9. The Morgan fingerprint density at radius 3 is 2.24 bits per heavy atom. The summed E-state index contributed by atoms with van der Waals surface area (Å²) in [5.74, 6) is -0.0219. The summed E-state index contributed by atoms with van der Waals surface area (Å²) in [7, 11) is 0. The number of rotatable bonds is 4. The van der Waals surface area contributed by atoms with Gasteiger partial charge in [0.25, 0.3) is 5.91 Å². The SMILES string of the molecule is CC(C)NC(=O)c1c(NC(=O)C2C(C)(C)C2(C)C)sc2c1CCCC2. The van der Waals surface area contributed by atoms with Crippen molar-refractivity contribution in [2.24, 2.45) is 16.7 Å². The Labute approximate surface area is 154 Å². The first kappa shape index (κ1) is 18.4. The highest BCUT2D eigenvalue weighted by molar-refractivity contribution is 7.17. The van der Waals surface area contributed by atoms with Crippen LogP contribution in [0.3, 0.4) is 0 Å². The lowest BCUT2D eigenvalue weighted by Gasteiger charge is -2.14. The first-order valence-electron chi connectivity index (χ1n) is 9.33. The molecule has 0 spiro atoms. The first-order chi connectivity index (χ1) is 11.6. The van der Waals surface area contributed by atoms with Gasteiger partial charge in [0.05, 0.1) is 5.56 Å². The molecule has 0 aliphatic heterocycles. The van der Waals surface area contributed by atoms with Crippen molar-refractivity contribution < 1.29 is 9.59 Å². The van der Waals surface area contributed by atoms with Crippen LogP contribution in [0, 0.1) is 16.7 Å². The molecule has 0 bridgehead atoms. The number of fused-ring (bicyclic) bond motifs is 1. The van der Waals surface area contributed by atoms with E-state index in [0.29, 0.717) is 5.56 Å². The molecule has 2 amide bonds. The number of carbonyl (C=O) groups is 2. The van der Waals surface area contributed by atoms with Crippen LogP contribution in [0.25, 0.3) is 0 Å². The van der Waals surface area contributed by atoms with E-state index in [0.717, 1.165) is 36.2 Å². The van der Waals surface area contributed by atoms with Crippen LogP contribution < -0.4 is 10.6 Å². The van der Waals surface area contributed by atoms with E-state index in [-0.39, 0.29) is 34.6 Å². The van der Waals surface area contributed by atoms with E-state index in [4.69, 9.17) is 0 Å². The molecule has 2 N–H and O–H groups in total. The highest BCUT2D eigenvalue weighted by atomic mass is 32.1. The molecule has 1 aromatic rings. The summed E-state index contributed by atoms with van der Waals surface area (Å²) in [4.78, 5) is 26.9. The molecular weight excluding hydrogens is 332 g/mol. The fourth-order valence-electron chi connectivity index (χ4n) is 4.26. The maximum absolute atomic E-state index is 12.9. The van der Waals surface area contributed by atoms with Gasteiger partial charge in [-0.3, -0.25) is 9.59 Å². The average Bonchev–Trinajstić information content (AvgIpc) is 2.77. The molecule has 0 unspecified atom stereocenters. The lowest BCUT2D eigenvalue weighted by atomic mass is 9.95. The molecule has 4 nitrogen and oxygen atoms in total. The Hall–Kier alpha value is -1.36. The van der Waals surface area contributed by atoms with Crippen LogP contribution in [-0.4, -0.2) is 17.9 Å². The van der Waals surface area contributed by atoms with E-state index in [1.807, 2.05) is 13.8 Å². The van der Waals surface area contributed by atoms with Gasteiger partial charge in [-0.05, 0) is 55.9 Å². The Balaban J connectivity index is 1.90. The number of nitrogens with one attached hydrogen (secondary N) is 2. The van der Waals surface area contributed by atoms with Crippen LogP contribution in [0.5, 0.6) is 0 Å². The number of thiophene rings is 1. The van der Waals surface area contributed by atoms with Crippen molar-refractivity contribution in [3.63, 3.8) is 0 Å². The summed E-state index contributed by atoms with van der Waals surface area (Å²) in [5, 5.41) is 6.86. The molecule has 2 aliphatic carbocycles. The largest absolute Gasteiger partial charge is 0.350 e. The van der Waals surface area contributed by atoms with Gasteiger partial charge in [-0.15, -0.1) is 11.3 Å². The fourth-order valence-corrected chi connectivity index (χ4v) is 5.55. The molecule has 0 saturated heterocycles. The number of amides is 2. The Morgan fingerprint density at radius 2 is 1.68 bits per heavy atom. The second kappa shape index (κ2) is 6.11. The number of hydrogen-bond donors (Lipinski definition) is 2. The summed E-state index contributed by atoms with van der Waals surface area (Å²) in [6.07, 6.45) is 4.22. The van der Waals surface area contributed by atoms with Crippen molar-refractivity contribution in [3.8, 4) is 0 Å². The molecule has 1 aromatic heterocycles. The summed E-state index contributed by atoms with van der Waals surface area (Å²) >= 11 is 1.60. The Bertz CT molecular complexity index is 702. The Morgan fingerprint density at radius 1 is 1.08 bits per heavy atom. The normalized spacial score (nSPS) is 20.9. The van der Waals surface area contributed by atoms with Crippen molar-refractivity contribution in [1.82, 2.24) is 5.32 Å². The summed E-state index contributed by atoms with van der Waals surface area (Å²) in [6.45, 7) is 12.5. The highest BCUT2D eigenvalue weighted by Gasteiger charge is 2.68. The summed E-state index contributed by atoms with van der Waals surface area (Å²) in [5.41, 5.74) is 1.85. The van der Waals surface area contributed by atoms with E-state index in [9.17, 15) is 9.59 Å². The fraction of sp³-hybridized carbons (Fsp3) is 0.700.